The fourth-order valence-corrected chi connectivity index (χ4v) is 4.31. The van der Waals surface area contributed by atoms with Crippen LogP contribution in [-0.2, 0) is 20.7 Å². The van der Waals surface area contributed by atoms with E-state index in [1.807, 2.05) is 0 Å². The van der Waals surface area contributed by atoms with Crippen LogP contribution in [0, 0.1) is 0 Å². The molecule has 5 heterocycles. The van der Waals surface area contributed by atoms with Gasteiger partial charge in [-0.2, -0.15) is 15.1 Å². The number of ether oxygens (including phenoxy) is 2. The topological polar surface area (TPSA) is 196 Å². The zero-order valence-electron chi connectivity index (χ0n) is 18.9. The highest BCUT2D eigenvalue weighted by Crippen LogP contribution is 2.33. The van der Waals surface area contributed by atoms with E-state index in [0.29, 0.717) is 43.0 Å². The van der Waals surface area contributed by atoms with Gasteiger partial charge in [0.1, 0.15) is 18.3 Å². The Morgan fingerprint density at radius 3 is 2.86 bits per heavy atom. The van der Waals surface area contributed by atoms with Gasteiger partial charge in [0.05, 0.1) is 31.8 Å². The van der Waals surface area contributed by atoms with Crippen molar-refractivity contribution < 1.29 is 29.6 Å². The molecule has 5 rings (SSSR count). The Labute approximate surface area is 199 Å². The van der Waals surface area contributed by atoms with Crippen LogP contribution in [0.25, 0.3) is 17.1 Å². The van der Waals surface area contributed by atoms with E-state index >= 15 is 0 Å². The highest BCUT2D eigenvalue weighted by Gasteiger charge is 2.44. The molecule has 0 unspecified atom stereocenters. The molecule has 0 spiro atoms. The summed E-state index contributed by atoms with van der Waals surface area (Å²) in [4.78, 5) is 24.7. The Morgan fingerprint density at radius 2 is 2.14 bits per heavy atom. The van der Waals surface area contributed by atoms with Crippen molar-refractivity contribution in [3.05, 3.63) is 24.3 Å². The number of amides is 1. The first-order valence-corrected chi connectivity index (χ1v) is 11.5. The van der Waals surface area contributed by atoms with E-state index in [1.165, 1.54) is 15.6 Å². The van der Waals surface area contributed by atoms with Gasteiger partial charge in [-0.15, -0.1) is 0 Å². The lowest BCUT2D eigenvalue weighted by Crippen LogP contribution is -2.33. The molecular weight excluding hydrogens is 460 g/mol. The van der Waals surface area contributed by atoms with Gasteiger partial charge in [0.25, 0.3) is 5.95 Å². The minimum atomic E-state index is -1.29. The summed E-state index contributed by atoms with van der Waals surface area (Å²) in [6.45, 7) is 0.730. The molecule has 2 aliphatic heterocycles. The number of rotatable bonds is 9. The van der Waals surface area contributed by atoms with Gasteiger partial charge in [0.15, 0.2) is 23.2 Å². The number of nitrogens with zero attached hydrogens (tertiary/aromatic N) is 6. The second kappa shape index (κ2) is 9.83. The summed E-state index contributed by atoms with van der Waals surface area (Å²) in [5.74, 6) is 0.376. The average molecular weight is 489 g/mol. The van der Waals surface area contributed by atoms with E-state index in [9.17, 15) is 20.1 Å². The fourth-order valence-electron chi connectivity index (χ4n) is 4.31. The number of aliphatic hydroxyl groups is 3. The number of carbonyl (C=O) groups is 1. The van der Waals surface area contributed by atoms with Gasteiger partial charge in [-0.05, 0) is 24.8 Å². The summed E-state index contributed by atoms with van der Waals surface area (Å²) in [7, 11) is 0. The highest BCUT2D eigenvalue weighted by molar-refractivity contribution is 5.84. The minimum Gasteiger partial charge on any atom is -0.394 e. The van der Waals surface area contributed by atoms with Crippen molar-refractivity contribution in [1.29, 1.82) is 0 Å². The zero-order chi connectivity index (χ0) is 24.5. The number of hydrogen-bond acceptors (Lipinski definition) is 11. The zero-order valence-corrected chi connectivity index (χ0v) is 18.9. The number of nitrogens with two attached hydrogens (primary N) is 1. The van der Waals surface area contributed by atoms with Gasteiger partial charge in [0, 0.05) is 19.2 Å². The van der Waals surface area contributed by atoms with Crippen LogP contribution in [0.4, 0.5) is 5.82 Å². The molecule has 2 aliphatic rings. The Bertz CT molecular complexity index is 1190. The monoisotopic (exact) mass is 488 g/mol. The molecule has 14 heteroatoms. The van der Waals surface area contributed by atoms with Gasteiger partial charge in [-0.1, -0.05) is 0 Å². The number of fused-ring (bicyclic) bond motifs is 1. The number of primary amides is 1. The van der Waals surface area contributed by atoms with Gasteiger partial charge < -0.3 is 35.8 Å². The van der Waals surface area contributed by atoms with E-state index < -0.39 is 31.1 Å². The molecule has 188 valence electrons. The molecule has 6 N–H and O–H groups in total. The number of aryl methyl sites for hydroxylation is 1. The molecule has 1 amide bonds. The fraction of sp³-hybridized carbons (Fsp3) is 0.571. The van der Waals surface area contributed by atoms with E-state index in [1.54, 1.807) is 12.4 Å². The first kappa shape index (κ1) is 23.6. The van der Waals surface area contributed by atoms with Crippen LogP contribution in [0.5, 0.6) is 0 Å². The maximum atomic E-state index is 11.0. The number of aromatic nitrogens is 6. The maximum absolute atomic E-state index is 11.0. The van der Waals surface area contributed by atoms with E-state index in [2.05, 4.69) is 25.4 Å². The van der Waals surface area contributed by atoms with Crippen molar-refractivity contribution in [3.8, 4) is 5.95 Å². The molecule has 3 aromatic rings. The first-order chi connectivity index (χ1) is 16.9. The summed E-state index contributed by atoms with van der Waals surface area (Å²) in [5.41, 5.74) is 6.92. The predicted molar refractivity (Wildman–Crippen MR) is 120 cm³/mol. The number of anilines is 1. The van der Waals surface area contributed by atoms with Gasteiger partial charge in [-0.3, -0.25) is 9.36 Å². The summed E-state index contributed by atoms with van der Waals surface area (Å²) < 4.78 is 14.2. The van der Waals surface area contributed by atoms with Crippen LogP contribution in [-0.4, -0.2) is 94.7 Å². The number of carbonyl (C=O) groups excluding carboxylic acids is 1. The molecule has 35 heavy (non-hydrogen) atoms. The lowest BCUT2D eigenvalue weighted by atomic mass is 10.1. The second-order valence-corrected chi connectivity index (χ2v) is 8.74. The Hall–Kier alpha value is -3.17. The van der Waals surface area contributed by atoms with Crippen LogP contribution in [0.3, 0.4) is 0 Å². The largest absolute Gasteiger partial charge is 0.394 e. The van der Waals surface area contributed by atoms with Gasteiger partial charge in [0.2, 0.25) is 5.91 Å². The molecular formula is C21H28N8O6. The van der Waals surface area contributed by atoms with Crippen molar-refractivity contribution in [3.63, 3.8) is 0 Å². The normalized spacial score (nSPS) is 26.5. The molecule has 14 nitrogen and oxygen atoms in total. The van der Waals surface area contributed by atoms with Crippen molar-refractivity contribution in [2.24, 2.45) is 5.73 Å². The highest BCUT2D eigenvalue weighted by atomic mass is 16.6. The van der Waals surface area contributed by atoms with Crippen LogP contribution in [0.2, 0.25) is 0 Å². The van der Waals surface area contributed by atoms with E-state index in [0.717, 1.165) is 12.0 Å². The van der Waals surface area contributed by atoms with Crippen LogP contribution in [0.1, 0.15) is 31.1 Å². The Balaban J connectivity index is 1.51. The lowest BCUT2D eigenvalue weighted by molar-refractivity contribution is -0.118. The molecule has 2 fully saturated rings. The number of nitrogens with one attached hydrogen (secondary N) is 1. The summed E-state index contributed by atoms with van der Waals surface area (Å²) in [6.07, 6.45) is 2.75. The molecule has 0 aromatic carbocycles. The second-order valence-electron chi connectivity index (χ2n) is 8.74. The van der Waals surface area contributed by atoms with Gasteiger partial charge in [-0.25, -0.2) is 9.67 Å². The van der Waals surface area contributed by atoms with E-state index in [-0.39, 0.29) is 24.3 Å². The summed E-state index contributed by atoms with van der Waals surface area (Å²) >= 11 is 0. The van der Waals surface area contributed by atoms with Crippen molar-refractivity contribution in [2.45, 2.75) is 56.3 Å². The van der Waals surface area contributed by atoms with Crippen LogP contribution in [0.15, 0.2) is 18.7 Å². The number of hydrogen-bond donors (Lipinski definition) is 5. The molecule has 0 bridgehead atoms. The quantitative estimate of drug-likeness (QED) is 0.238. The van der Waals surface area contributed by atoms with Gasteiger partial charge >= 0.3 is 0 Å². The maximum Gasteiger partial charge on any atom is 0.254 e. The minimum absolute atomic E-state index is 0.0435. The smallest absolute Gasteiger partial charge is 0.254 e. The SMILES string of the molecule is NC(=O)CCCc1cnn(-c2nc(N[C@@H]3CCOC3)c3ncn([C@@H]4O[C@H](CO)[C@@H](O)[C@@H]4O)c3n2)c1. The number of aliphatic hydroxyl groups excluding tert-OH is 3. The Kier molecular flexibility index (Phi) is 6.62. The summed E-state index contributed by atoms with van der Waals surface area (Å²) in [6, 6.07) is 0.0435. The van der Waals surface area contributed by atoms with Crippen LogP contribution < -0.4 is 11.1 Å². The molecule has 0 saturated carbocycles. The standard InChI is InChI=1S/C21H28N8O6/c22-14(31)3-1-2-11-6-24-29(7-11)21-26-18(25-12-4-5-34-9-12)15-19(27-21)28(10-23-15)20-17(33)16(32)13(8-30)35-20/h6-7,10,12-13,16-17,20,30,32-33H,1-5,8-9H2,(H2,22,31)(H,25,26,27)/t12-,13-,16-,17+,20-/m1/s1. The first-order valence-electron chi connectivity index (χ1n) is 11.5. The molecule has 0 radical (unpaired) electrons. The molecule has 0 aliphatic carbocycles. The van der Waals surface area contributed by atoms with E-state index in [4.69, 9.17) is 15.2 Å². The average Bonchev–Trinajstić information content (AvgIpc) is 3.63. The van der Waals surface area contributed by atoms with Crippen molar-refractivity contribution in [1.82, 2.24) is 29.3 Å². The summed E-state index contributed by atoms with van der Waals surface area (Å²) in [5, 5.41) is 37.9. The van der Waals surface area contributed by atoms with Crippen molar-refractivity contribution in [2.75, 3.05) is 25.1 Å². The van der Waals surface area contributed by atoms with Crippen molar-refractivity contribution >= 4 is 22.9 Å². The third-order valence-electron chi connectivity index (χ3n) is 6.20. The number of imidazole rings is 1. The molecule has 3 aromatic heterocycles. The third-order valence-corrected chi connectivity index (χ3v) is 6.20. The third kappa shape index (κ3) is 4.70. The molecule has 2 saturated heterocycles. The molecule has 5 atom stereocenters. The lowest BCUT2D eigenvalue weighted by Gasteiger charge is -2.17. The van der Waals surface area contributed by atoms with Crippen LogP contribution >= 0.6 is 0 Å². The predicted octanol–water partition coefficient (Wildman–Crippen LogP) is -1.37. The Morgan fingerprint density at radius 1 is 1.29 bits per heavy atom.